The quantitative estimate of drug-likeness (QED) is 0.625. The van der Waals surface area contributed by atoms with Gasteiger partial charge in [-0.15, -0.1) is 12.4 Å². The van der Waals surface area contributed by atoms with Crippen molar-refractivity contribution in [2.45, 2.75) is 12.5 Å². The Balaban J connectivity index is 0. The number of aliphatic hydroxyl groups excluding tert-OH is 1. The lowest BCUT2D eigenvalue weighted by Gasteiger charge is -2.04. The molecule has 0 radical (unpaired) electrons. The Bertz CT molecular complexity index is 180. The molecule has 4 nitrogen and oxygen atoms in total. The Morgan fingerprint density at radius 2 is 2.00 bits per heavy atom. The van der Waals surface area contributed by atoms with E-state index in [2.05, 4.69) is 0 Å². The van der Waals surface area contributed by atoms with E-state index in [9.17, 15) is 8.42 Å². The summed E-state index contributed by atoms with van der Waals surface area (Å²) in [4.78, 5) is 0. The molecular formula is C5H14ClNO3S. The second-order valence-corrected chi connectivity index (χ2v) is 4.62. The zero-order valence-corrected chi connectivity index (χ0v) is 7.99. The van der Waals surface area contributed by atoms with Crippen LogP contribution in [0.4, 0.5) is 0 Å². The molecule has 0 bridgehead atoms. The van der Waals surface area contributed by atoms with Crippen LogP contribution in [0.3, 0.4) is 0 Å². The summed E-state index contributed by atoms with van der Waals surface area (Å²) in [6.07, 6.45) is 1.48. The second-order valence-electron chi connectivity index (χ2n) is 2.36. The molecule has 0 spiro atoms. The third-order valence-corrected chi connectivity index (χ3v) is 2.07. The van der Waals surface area contributed by atoms with Crippen molar-refractivity contribution < 1.29 is 13.5 Å². The minimum absolute atomic E-state index is 0. The molecule has 1 unspecified atom stereocenters. The van der Waals surface area contributed by atoms with Gasteiger partial charge in [0.1, 0.15) is 9.84 Å². The molecule has 0 saturated heterocycles. The normalized spacial score (nSPS) is 13.7. The molecule has 0 fully saturated rings. The van der Waals surface area contributed by atoms with Crippen molar-refractivity contribution in [3.05, 3.63) is 0 Å². The van der Waals surface area contributed by atoms with Crippen LogP contribution in [-0.4, -0.2) is 38.2 Å². The van der Waals surface area contributed by atoms with Gasteiger partial charge in [-0.2, -0.15) is 0 Å². The highest BCUT2D eigenvalue weighted by molar-refractivity contribution is 7.90. The fourth-order valence-electron chi connectivity index (χ4n) is 0.457. The molecule has 0 aromatic heterocycles. The first-order valence-corrected chi connectivity index (χ1v) is 5.06. The number of sulfone groups is 1. The first-order chi connectivity index (χ1) is 4.45. The van der Waals surface area contributed by atoms with Gasteiger partial charge in [-0.25, -0.2) is 8.42 Å². The van der Waals surface area contributed by atoms with Crippen LogP contribution in [0.2, 0.25) is 0 Å². The smallest absolute Gasteiger partial charge is 0.147 e. The third-order valence-electron chi connectivity index (χ3n) is 1.09. The van der Waals surface area contributed by atoms with Crippen LogP contribution in [-0.2, 0) is 9.84 Å². The summed E-state index contributed by atoms with van der Waals surface area (Å²) in [5, 5.41) is 8.41. The minimum Gasteiger partial charge on any atom is -0.395 e. The van der Waals surface area contributed by atoms with Crippen LogP contribution >= 0.6 is 12.4 Å². The average molecular weight is 204 g/mol. The fraction of sp³-hybridized carbons (Fsp3) is 1.00. The van der Waals surface area contributed by atoms with Gasteiger partial charge in [0.25, 0.3) is 0 Å². The van der Waals surface area contributed by atoms with Crippen molar-refractivity contribution in [2.24, 2.45) is 5.73 Å². The van der Waals surface area contributed by atoms with Gasteiger partial charge in [-0.1, -0.05) is 0 Å². The van der Waals surface area contributed by atoms with Gasteiger partial charge in [-0.05, 0) is 6.42 Å². The van der Waals surface area contributed by atoms with E-state index in [1.165, 1.54) is 0 Å². The molecule has 70 valence electrons. The van der Waals surface area contributed by atoms with Gasteiger partial charge in [0.05, 0.1) is 12.4 Å². The van der Waals surface area contributed by atoms with Crippen molar-refractivity contribution in [3.8, 4) is 0 Å². The molecule has 0 aromatic carbocycles. The molecule has 0 aliphatic carbocycles. The third kappa shape index (κ3) is 10.2. The Labute approximate surface area is 73.1 Å². The highest BCUT2D eigenvalue weighted by Crippen LogP contribution is 1.91. The Kier molecular flexibility index (Phi) is 7.20. The van der Waals surface area contributed by atoms with Crippen LogP contribution in [0, 0.1) is 0 Å². The number of halogens is 1. The predicted molar refractivity (Wildman–Crippen MR) is 46.6 cm³/mol. The lowest BCUT2D eigenvalue weighted by Crippen LogP contribution is -2.26. The molecule has 0 aliphatic rings. The van der Waals surface area contributed by atoms with Crippen molar-refractivity contribution in [3.63, 3.8) is 0 Å². The standard InChI is InChI=1S/C5H13NO3S.ClH/c1-10(8,9)3-2-5(6)4-7;/h5,7H,2-4,6H2,1H3;1H. The van der Waals surface area contributed by atoms with E-state index in [1.807, 2.05) is 0 Å². The first-order valence-electron chi connectivity index (χ1n) is 3.00. The van der Waals surface area contributed by atoms with Gasteiger partial charge < -0.3 is 10.8 Å². The molecule has 3 N–H and O–H groups in total. The zero-order chi connectivity index (χ0) is 8.20. The number of nitrogens with two attached hydrogens (primary N) is 1. The topological polar surface area (TPSA) is 80.4 Å². The summed E-state index contributed by atoms with van der Waals surface area (Å²) in [7, 11) is -2.92. The summed E-state index contributed by atoms with van der Waals surface area (Å²) in [6, 6.07) is -0.408. The number of rotatable bonds is 4. The monoisotopic (exact) mass is 203 g/mol. The van der Waals surface area contributed by atoms with Crippen molar-refractivity contribution in [1.82, 2.24) is 0 Å². The zero-order valence-electron chi connectivity index (χ0n) is 6.36. The first kappa shape index (κ1) is 13.7. The van der Waals surface area contributed by atoms with Crippen LogP contribution in [0.1, 0.15) is 6.42 Å². The maximum Gasteiger partial charge on any atom is 0.147 e. The maximum atomic E-state index is 10.5. The minimum atomic E-state index is -2.92. The predicted octanol–water partition coefficient (Wildman–Crippen LogP) is -0.837. The van der Waals surface area contributed by atoms with E-state index in [0.29, 0.717) is 6.42 Å². The fourth-order valence-corrected chi connectivity index (χ4v) is 1.19. The van der Waals surface area contributed by atoms with Gasteiger partial charge in [-0.3, -0.25) is 0 Å². The maximum absolute atomic E-state index is 10.5. The summed E-state index contributed by atoms with van der Waals surface area (Å²) in [5.74, 6) is 0.0503. The van der Waals surface area contributed by atoms with Gasteiger partial charge in [0.15, 0.2) is 0 Å². The number of aliphatic hydroxyl groups is 1. The second kappa shape index (κ2) is 5.77. The lowest BCUT2D eigenvalue weighted by atomic mass is 10.3. The van der Waals surface area contributed by atoms with Gasteiger partial charge in [0.2, 0.25) is 0 Å². The summed E-state index contributed by atoms with van der Waals surface area (Å²) in [6.45, 7) is -0.157. The highest BCUT2D eigenvalue weighted by Gasteiger charge is 2.05. The molecule has 0 amide bonds. The Morgan fingerprint density at radius 1 is 1.55 bits per heavy atom. The number of hydrogen-bond acceptors (Lipinski definition) is 4. The molecule has 1 atom stereocenters. The Morgan fingerprint density at radius 3 is 2.27 bits per heavy atom. The molecule has 0 aromatic rings. The van der Waals surface area contributed by atoms with Crippen LogP contribution in [0.5, 0.6) is 0 Å². The van der Waals surface area contributed by atoms with Crippen LogP contribution in [0.15, 0.2) is 0 Å². The summed E-state index contributed by atoms with van der Waals surface area (Å²) >= 11 is 0. The van der Waals surface area contributed by atoms with E-state index in [1.54, 1.807) is 0 Å². The molecular weight excluding hydrogens is 190 g/mol. The van der Waals surface area contributed by atoms with Gasteiger partial charge in [0, 0.05) is 12.3 Å². The molecule has 0 saturated carbocycles. The Hall–Kier alpha value is 0.160. The van der Waals surface area contributed by atoms with E-state index < -0.39 is 15.9 Å². The van der Waals surface area contributed by atoms with E-state index in [4.69, 9.17) is 10.8 Å². The lowest BCUT2D eigenvalue weighted by molar-refractivity contribution is 0.263. The molecule has 0 heterocycles. The summed E-state index contributed by atoms with van der Waals surface area (Å²) < 4.78 is 21.0. The largest absolute Gasteiger partial charge is 0.395 e. The van der Waals surface area contributed by atoms with E-state index in [-0.39, 0.29) is 24.8 Å². The molecule has 0 rings (SSSR count). The van der Waals surface area contributed by atoms with Crippen LogP contribution < -0.4 is 5.73 Å². The van der Waals surface area contributed by atoms with Gasteiger partial charge >= 0.3 is 0 Å². The van der Waals surface area contributed by atoms with E-state index in [0.717, 1.165) is 6.26 Å². The van der Waals surface area contributed by atoms with Crippen molar-refractivity contribution in [2.75, 3.05) is 18.6 Å². The molecule has 11 heavy (non-hydrogen) atoms. The van der Waals surface area contributed by atoms with E-state index >= 15 is 0 Å². The molecule has 6 heteroatoms. The van der Waals surface area contributed by atoms with Crippen molar-refractivity contribution >= 4 is 22.2 Å². The highest BCUT2D eigenvalue weighted by atomic mass is 35.5. The van der Waals surface area contributed by atoms with Crippen molar-refractivity contribution in [1.29, 1.82) is 0 Å². The number of hydrogen-bond donors (Lipinski definition) is 2. The summed E-state index contributed by atoms with van der Waals surface area (Å²) in [5.41, 5.74) is 5.27. The SMILES string of the molecule is CS(=O)(=O)CCC(N)CO.Cl. The average Bonchev–Trinajstić information content (AvgIpc) is 1.81. The van der Waals surface area contributed by atoms with Crippen LogP contribution in [0.25, 0.3) is 0 Å². The molecule has 0 aliphatic heterocycles.